The van der Waals surface area contributed by atoms with Crippen LogP contribution in [0.4, 0.5) is 5.82 Å². The molecule has 0 bridgehead atoms. The summed E-state index contributed by atoms with van der Waals surface area (Å²) in [5.74, 6) is 0.0416. The minimum absolute atomic E-state index is 0.154. The van der Waals surface area contributed by atoms with Crippen molar-refractivity contribution in [3.8, 4) is 0 Å². The molecule has 0 spiro atoms. The number of anilines is 1. The van der Waals surface area contributed by atoms with Gasteiger partial charge in [0.25, 0.3) is 0 Å². The minimum atomic E-state index is -1.09. The molecule has 0 aliphatic heterocycles. The molecule has 1 aromatic rings. The first kappa shape index (κ1) is 11.8. The quantitative estimate of drug-likeness (QED) is 0.836. The van der Waals surface area contributed by atoms with Gasteiger partial charge in [-0.1, -0.05) is 19.3 Å². The predicted octanol–water partition coefficient (Wildman–Crippen LogP) is 2.17. The maximum Gasteiger partial charge on any atom is 0.374 e. The first-order chi connectivity index (χ1) is 8.25. The highest BCUT2D eigenvalue weighted by atomic mass is 16.4. The molecule has 1 aliphatic carbocycles. The fourth-order valence-corrected chi connectivity index (χ4v) is 2.20. The highest BCUT2D eigenvalue weighted by Gasteiger charge is 2.13. The van der Waals surface area contributed by atoms with Crippen LogP contribution in [0.2, 0.25) is 0 Å². The molecule has 1 aliphatic rings. The van der Waals surface area contributed by atoms with Gasteiger partial charge in [0.15, 0.2) is 0 Å². The Bertz CT molecular complexity index is 389. The molecule has 0 radical (unpaired) electrons. The standard InChI is InChI=1S/C12H17N3O2/c16-12(17)11-13-7-6-10(15-11)14-8-9-4-2-1-3-5-9/h6-7,9H,1-5,8H2,(H,16,17)(H,13,14,15). The lowest BCUT2D eigenvalue weighted by molar-refractivity contribution is 0.0683. The van der Waals surface area contributed by atoms with Crippen LogP contribution in [0.3, 0.4) is 0 Å². The molecule has 1 aromatic heterocycles. The highest BCUT2D eigenvalue weighted by Crippen LogP contribution is 2.23. The number of carbonyl (C=O) groups is 1. The van der Waals surface area contributed by atoms with Crippen molar-refractivity contribution in [2.24, 2.45) is 5.92 Å². The zero-order valence-corrected chi connectivity index (χ0v) is 9.72. The molecule has 17 heavy (non-hydrogen) atoms. The summed E-state index contributed by atoms with van der Waals surface area (Å²) < 4.78 is 0. The van der Waals surface area contributed by atoms with Crippen molar-refractivity contribution in [2.45, 2.75) is 32.1 Å². The van der Waals surface area contributed by atoms with E-state index in [2.05, 4.69) is 15.3 Å². The van der Waals surface area contributed by atoms with Crippen molar-refractivity contribution in [2.75, 3.05) is 11.9 Å². The van der Waals surface area contributed by atoms with Crippen molar-refractivity contribution < 1.29 is 9.90 Å². The summed E-state index contributed by atoms with van der Waals surface area (Å²) in [4.78, 5) is 18.3. The molecule has 0 atom stereocenters. The normalized spacial score (nSPS) is 16.7. The Balaban J connectivity index is 1.89. The number of aromatic carboxylic acids is 1. The maximum absolute atomic E-state index is 10.7. The van der Waals surface area contributed by atoms with E-state index in [0.717, 1.165) is 6.54 Å². The fourth-order valence-electron chi connectivity index (χ4n) is 2.20. The van der Waals surface area contributed by atoms with Gasteiger partial charge in [-0.15, -0.1) is 0 Å². The lowest BCUT2D eigenvalue weighted by atomic mass is 9.89. The molecule has 2 N–H and O–H groups in total. The van der Waals surface area contributed by atoms with Gasteiger partial charge < -0.3 is 10.4 Å². The monoisotopic (exact) mass is 235 g/mol. The number of aromatic nitrogens is 2. The van der Waals surface area contributed by atoms with Crippen LogP contribution in [-0.2, 0) is 0 Å². The number of nitrogens with one attached hydrogen (secondary N) is 1. The van der Waals surface area contributed by atoms with E-state index in [9.17, 15) is 4.79 Å². The Kier molecular flexibility index (Phi) is 3.90. The Morgan fingerprint density at radius 2 is 2.18 bits per heavy atom. The summed E-state index contributed by atoms with van der Waals surface area (Å²) in [7, 11) is 0. The van der Waals surface area contributed by atoms with Gasteiger partial charge in [0.1, 0.15) is 5.82 Å². The van der Waals surface area contributed by atoms with Crippen LogP contribution >= 0.6 is 0 Å². The van der Waals surface area contributed by atoms with Crippen molar-refractivity contribution in [3.63, 3.8) is 0 Å². The Morgan fingerprint density at radius 1 is 1.41 bits per heavy atom. The molecule has 0 aromatic carbocycles. The SMILES string of the molecule is O=C(O)c1nccc(NCC2CCCCC2)n1. The third kappa shape index (κ3) is 3.41. The lowest BCUT2D eigenvalue weighted by Crippen LogP contribution is -2.18. The highest BCUT2D eigenvalue weighted by molar-refractivity contribution is 5.83. The van der Waals surface area contributed by atoms with E-state index < -0.39 is 5.97 Å². The minimum Gasteiger partial charge on any atom is -0.475 e. The third-order valence-corrected chi connectivity index (χ3v) is 3.14. The van der Waals surface area contributed by atoms with Crippen LogP contribution in [0.25, 0.3) is 0 Å². The molecular formula is C12H17N3O2. The van der Waals surface area contributed by atoms with Crippen LogP contribution in [0.15, 0.2) is 12.3 Å². The largest absolute Gasteiger partial charge is 0.475 e. The fraction of sp³-hybridized carbons (Fsp3) is 0.583. The first-order valence-electron chi connectivity index (χ1n) is 6.06. The number of hydrogen-bond acceptors (Lipinski definition) is 4. The first-order valence-corrected chi connectivity index (χ1v) is 6.06. The number of carboxylic acids is 1. The molecule has 1 fully saturated rings. The van der Waals surface area contributed by atoms with E-state index in [-0.39, 0.29) is 5.82 Å². The Labute approximate surface area is 100 Å². The second-order valence-corrected chi connectivity index (χ2v) is 4.46. The van der Waals surface area contributed by atoms with Gasteiger partial charge in [-0.25, -0.2) is 14.8 Å². The summed E-state index contributed by atoms with van der Waals surface area (Å²) >= 11 is 0. The van der Waals surface area contributed by atoms with Crippen molar-refractivity contribution in [1.82, 2.24) is 9.97 Å². The van der Waals surface area contributed by atoms with Gasteiger partial charge in [-0.05, 0) is 24.8 Å². The van der Waals surface area contributed by atoms with Gasteiger partial charge in [-0.3, -0.25) is 0 Å². The number of hydrogen-bond donors (Lipinski definition) is 2. The topological polar surface area (TPSA) is 75.1 Å². The van der Waals surface area contributed by atoms with E-state index in [1.54, 1.807) is 6.07 Å². The van der Waals surface area contributed by atoms with Crippen LogP contribution in [-0.4, -0.2) is 27.6 Å². The maximum atomic E-state index is 10.7. The number of carboxylic acid groups (broad SMARTS) is 1. The second kappa shape index (κ2) is 5.61. The van der Waals surface area contributed by atoms with E-state index >= 15 is 0 Å². The van der Waals surface area contributed by atoms with Gasteiger partial charge in [0, 0.05) is 12.7 Å². The third-order valence-electron chi connectivity index (χ3n) is 3.14. The second-order valence-electron chi connectivity index (χ2n) is 4.46. The van der Waals surface area contributed by atoms with Crippen molar-refractivity contribution >= 4 is 11.8 Å². The average molecular weight is 235 g/mol. The summed E-state index contributed by atoms with van der Waals surface area (Å²) in [6.45, 7) is 0.871. The van der Waals surface area contributed by atoms with Gasteiger partial charge in [0.2, 0.25) is 5.82 Å². The van der Waals surface area contributed by atoms with Crippen molar-refractivity contribution in [1.29, 1.82) is 0 Å². The summed E-state index contributed by atoms with van der Waals surface area (Å²) in [5, 5.41) is 12.0. The number of nitrogens with zero attached hydrogens (tertiary/aromatic N) is 2. The molecule has 0 unspecified atom stereocenters. The summed E-state index contributed by atoms with van der Waals surface area (Å²) in [5.41, 5.74) is 0. The lowest BCUT2D eigenvalue weighted by Gasteiger charge is -2.21. The molecule has 2 rings (SSSR count). The summed E-state index contributed by atoms with van der Waals surface area (Å²) in [6.07, 6.45) is 7.92. The van der Waals surface area contributed by atoms with Gasteiger partial charge in [0.05, 0.1) is 0 Å². The molecule has 0 saturated heterocycles. The predicted molar refractivity (Wildman–Crippen MR) is 64.1 cm³/mol. The van der Waals surface area contributed by atoms with E-state index in [4.69, 9.17) is 5.11 Å². The smallest absolute Gasteiger partial charge is 0.374 e. The average Bonchev–Trinajstić information content (AvgIpc) is 2.38. The zero-order valence-electron chi connectivity index (χ0n) is 9.72. The number of rotatable bonds is 4. The molecule has 0 amide bonds. The van der Waals surface area contributed by atoms with E-state index in [1.165, 1.54) is 38.3 Å². The Hall–Kier alpha value is -1.65. The van der Waals surface area contributed by atoms with E-state index in [0.29, 0.717) is 11.7 Å². The molecule has 1 heterocycles. The van der Waals surface area contributed by atoms with Crippen LogP contribution in [0.1, 0.15) is 42.7 Å². The molecule has 5 nitrogen and oxygen atoms in total. The zero-order chi connectivity index (χ0) is 12.1. The van der Waals surface area contributed by atoms with Gasteiger partial charge in [-0.2, -0.15) is 0 Å². The molecule has 92 valence electrons. The molecular weight excluding hydrogens is 218 g/mol. The molecule has 1 saturated carbocycles. The molecule has 5 heteroatoms. The van der Waals surface area contributed by atoms with Crippen LogP contribution in [0.5, 0.6) is 0 Å². The van der Waals surface area contributed by atoms with Crippen molar-refractivity contribution in [3.05, 3.63) is 18.1 Å². The van der Waals surface area contributed by atoms with Crippen LogP contribution in [0, 0.1) is 5.92 Å². The van der Waals surface area contributed by atoms with Gasteiger partial charge >= 0.3 is 5.97 Å². The summed E-state index contributed by atoms with van der Waals surface area (Å²) in [6, 6.07) is 1.70. The van der Waals surface area contributed by atoms with E-state index in [1.807, 2.05) is 0 Å². The van der Waals surface area contributed by atoms with Crippen LogP contribution < -0.4 is 5.32 Å². The Morgan fingerprint density at radius 3 is 2.88 bits per heavy atom.